The van der Waals surface area contributed by atoms with E-state index >= 15 is 0 Å². The third-order valence-electron chi connectivity index (χ3n) is 3.65. The number of carbonyl (C=O) groups is 1. The normalized spacial score (nSPS) is 10.6. The number of hydrogen-bond acceptors (Lipinski definition) is 6. The SMILES string of the molecule is C=C(C)Cn1c(=O)c(C(=O)OCC)c(O)c2cc(OC)c(OC)cc21. The number of ether oxygens (including phenoxy) is 3. The summed E-state index contributed by atoms with van der Waals surface area (Å²) in [4.78, 5) is 25.0. The number of methoxy groups -OCH3 is 2. The van der Waals surface area contributed by atoms with Gasteiger partial charge in [0.25, 0.3) is 5.56 Å². The minimum absolute atomic E-state index is 0.0855. The summed E-state index contributed by atoms with van der Waals surface area (Å²) in [7, 11) is 2.93. The summed E-state index contributed by atoms with van der Waals surface area (Å²) in [6.07, 6.45) is 0. The molecule has 134 valence electrons. The molecule has 0 spiro atoms. The number of carbonyl (C=O) groups excluding carboxylic acids is 1. The Morgan fingerprint density at radius 2 is 1.84 bits per heavy atom. The highest BCUT2D eigenvalue weighted by molar-refractivity contribution is 6.00. The summed E-state index contributed by atoms with van der Waals surface area (Å²) < 4.78 is 16.8. The minimum Gasteiger partial charge on any atom is -0.506 e. The molecule has 0 radical (unpaired) electrons. The van der Waals surface area contributed by atoms with Crippen LogP contribution in [0.5, 0.6) is 17.2 Å². The standard InChI is InChI=1S/C18H21NO6/c1-6-25-18(22)15-16(20)11-7-13(23-4)14(24-5)8-12(11)19(17(15)21)9-10(2)3/h7-8,20H,2,6,9H2,1,3-5H3. The Bertz CT molecular complexity index is 897. The lowest BCUT2D eigenvalue weighted by atomic mass is 10.1. The average Bonchev–Trinajstić information content (AvgIpc) is 2.57. The maximum atomic E-state index is 12.8. The van der Waals surface area contributed by atoms with Crippen LogP contribution < -0.4 is 15.0 Å². The van der Waals surface area contributed by atoms with Crippen LogP contribution in [0.2, 0.25) is 0 Å². The van der Waals surface area contributed by atoms with Gasteiger partial charge in [-0.1, -0.05) is 12.2 Å². The van der Waals surface area contributed by atoms with Crippen molar-refractivity contribution in [3.05, 3.63) is 40.2 Å². The fraction of sp³-hybridized carbons (Fsp3) is 0.333. The van der Waals surface area contributed by atoms with E-state index in [1.165, 1.54) is 24.9 Å². The number of benzene rings is 1. The van der Waals surface area contributed by atoms with Crippen molar-refractivity contribution in [3.8, 4) is 17.2 Å². The van der Waals surface area contributed by atoms with Crippen molar-refractivity contribution in [1.29, 1.82) is 0 Å². The number of allylic oxidation sites excluding steroid dienone is 1. The summed E-state index contributed by atoms with van der Waals surface area (Å²) in [6, 6.07) is 3.09. The molecular formula is C18H21NO6. The molecule has 0 fully saturated rings. The number of fused-ring (bicyclic) bond motifs is 1. The monoisotopic (exact) mass is 347 g/mol. The zero-order valence-electron chi connectivity index (χ0n) is 14.7. The van der Waals surface area contributed by atoms with E-state index in [-0.39, 0.29) is 18.5 Å². The molecule has 0 saturated heterocycles. The molecule has 0 atom stereocenters. The highest BCUT2D eigenvalue weighted by atomic mass is 16.5. The zero-order chi connectivity index (χ0) is 18.7. The topological polar surface area (TPSA) is 87.0 Å². The van der Waals surface area contributed by atoms with Crippen molar-refractivity contribution < 1.29 is 24.1 Å². The molecular weight excluding hydrogens is 326 g/mol. The number of aromatic hydroxyl groups is 1. The van der Waals surface area contributed by atoms with Crippen LogP contribution in [0.4, 0.5) is 0 Å². The van der Waals surface area contributed by atoms with E-state index in [0.717, 1.165) is 0 Å². The molecule has 2 aromatic rings. The number of hydrogen-bond donors (Lipinski definition) is 1. The van der Waals surface area contributed by atoms with Gasteiger partial charge in [0.2, 0.25) is 0 Å². The molecule has 0 aliphatic rings. The van der Waals surface area contributed by atoms with Crippen molar-refractivity contribution in [2.24, 2.45) is 0 Å². The van der Waals surface area contributed by atoms with Gasteiger partial charge >= 0.3 is 5.97 Å². The molecule has 7 heteroatoms. The molecule has 0 aliphatic carbocycles. The number of aromatic nitrogens is 1. The second-order valence-corrected chi connectivity index (χ2v) is 5.52. The van der Waals surface area contributed by atoms with Crippen molar-refractivity contribution in [2.45, 2.75) is 20.4 Å². The Balaban J connectivity index is 2.95. The predicted octanol–water partition coefficient (Wildman–Crippen LogP) is 2.48. The molecule has 1 heterocycles. The van der Waals surface area contributed by atoms with Gasteiger partial charge in [0.15, 0.2) is 17.1 Å². The largest absolute Gasteiger partial charge is 0.506 e. The van der Waals surface area contributed by atoms with Crippen LogP contribution in [-0.2, 0) is 11.3 Å². The van der Waals surface area contributed by atoms with Gasteiger partial charge < -0.3 is 23.9 Å². The van der Waals surface area contributed by atoms with Crippen LogP contribution in [0.1, 0.15) is 24.2 Å². The van der Waals surface area contributed by atoms with Crippen molar-refractivity contribution >= 4 is 16.9 Å². The summed E-state index contributed by atoms with van der Waals surface area (Å²) in [5.74, 6) is -0.566. The molecule has 0 saturated carbocycles. The number of esters is 1. The molecule has 1 aromatic carbocycles. The Labute approximate surface area is 145 Å². The fourth-order valence-electron chi connectivity index (χ4n) is 2.58. The number of pyridine rings is 1. The van der Waals surface area contributed by atoms with E-state index in [1.807, 2.05) is 0 Å². The molecule has 0 unspecified atom stereocenters. The van der Waals surface area contributed by atoms with Gasteiger partial charge in [-0.2, -0.15) is 0 Å². The van der Waals surface area contributed by atoms with Gasteiger partial charge in [-0.3, -0.25) is 4.79 Å². The average molecular weight is 347 g/mol. The maximum Gasteiger partial charge on any atom is 0.347 e. The van der Waals surface area contributed by atoms with Crippen LogP contribution in [0.15, 0.2) is 29.1 Å². The van der Waals surface area contributed by atoms with Gasteiger partial charge in [0, 0.05) is 18.0 Å². The highest BCUT2D eigenvalue weighted by Crippen LogP contribution is 2.36. The molecule has 1 N–H and O–H groups in total. The van der Waals surface area contributed by atoms with Gasteiger partial charge in [0.05, 0.1) is 26.3 Å². The first kappa shape index (κ1) is 18.4. The minimum atomic E-state index is -0.878. The van der Waals surface area contributed by atoms with E-state index in [0.29, 0.717) is 22.6 Å². The van der Waals surface area contributed by atoms with E-state index < -0.39 is 22.8 Å². The van der Waals surface area contributed by atoms with Gasteiger partial charge in [-0.05, 0) is 19.9 Å². The Kier molecular flexibility index (Phi) is 5.36. The van der Waals surface area contributed by atoms with Gasteiger partial charge in [0.1, 0.15) is 5.75 Å². The lowest BCUT2D eigenvalue weighted by Gasteiger charge is -2.17. The van der Waals surface area contributed by atoms with Crippen molar-refractivity contribution in [2.75, 3.05) is 20.8 Å². The molecule has 0 bridgehead atoms. The molecule has 2 rings (SSSR count). The third kappa shape index (κ3) is 3.31. The predicted molar refractivity (Wildman–Crippen MR) is 93.7 cm³/mol. The summed E-state index contributed by atoms with van der Waals surface area (Å²) in [5, 5.41) is 10.8. The van der Waals surface area contributed by atoms with Crippen LogP contribution in [0.3, 0.4) is 0 Å². The molecule has 0 aliphatic heterocycles. The van der Waals surface area contributed by atoms with E-state index in [9.17, 15) is 14.7 Å². The third-order valence-corrected chi connectivity index (χ3v) is 3.65. The van der Waals surface area contributed by atoms with E-state index in [4.69, 9.17) is 14.2 Å². The summed E-state index contributed by atoms with van der Waals surface area (Å²) in [6.45, 7) is 7.46. The van der Waals surface area contributed by atoms with E-state index in [1.54, 1.807) is 19.9 Å². The molecule has 0 amide bonds. The molecule has 25 heavy (non-hydrogen) atoms. The lowest BCUT2D eigenvalue weighted by Crippen LogP contribution is -2.28. The Morgan fingerprint density at radius 3 is 2.36 bits per heavy atom. The first-order chi connectivity index (χ1) is 11.8. The molecule has 1 aromatic heterocycles. The lowest BCUT2D eigenvalue weighted by molar-refractivity contribution is 0.0520. The fourth-order valence-corrected chi connectivity index (χ4v) is 2.58. The number of rotatable bonds is 6. The van der Waals surface area contributed by atoms with Gasteiger partial charge in [-0.25, -0.2) is 4.79 Å². The summed E-state index contributed by atoms with van der Waals surface area (Å²) >= 11 is 0. The Hall–Kier alpha value is -2.96. The first-order valence-electron chi connectivity index (χ1n) is 7.68. The second-order valence-electron chi connectivity index (χ2n) is 5.52. The van der Waals surface area contributed by atoms with Crippen LogP contribution in [0, 0.1) is 0 Å². The first-order valence-corrected chi connectivity index (χ1v) is 7.68. The highest BCUT2D eigenvalue weighted by Gasteiger charge is 2.24. The van der Waals surface area contributed by atoms with E-state index in [2.05, 4.69) is 6.58 Å². The quantitative estimate of drug-likeness (QED) is 0.638. The Morgan fingerprint density at radius 1 is 1.24 bits per heavy atom. The second kappa shape index (κ2) is 7.29. The zero-order valence-corrected chi connectivity index (χ0v) is 14.7. The summed E-state index contributed by atoms with van der Waals surface area (Å²) in [5.41, 5.74) is 0.0383. The van der Waals surface area contributed by atoms with Crippen LogP contribution in [0.25, 0.3) is 10.9 Å². The van der Waals surface area contributed by atoms with Crippen LogP contribution >= 0.6 is 0 Å². The van der Waals surface area contributed by atoms with Crippen molar-refractivity contribution in [1.82, 2.24) is 4.57 Å². The number of nitrogens with zero attached hydrogens (tertiary/aromatic N) is 1. The molecule has 7 nitrogen and oxygen atoms in total. The van der Waals surface area contributed by atoms with Gasteiger partial charge in [-0.15, -0.1) is 0 Å². The smallest absolute Gasteiger partial charge is 0.347 e. The van der Waals surface area contributed by atoms with Crippen LogP contribution in [-0.4, -0.2) is 36.5 Å². The van der Waals surface area contributed by atoms with Crippen molar-refractivity contribution in [3.63, 3.8) is 0 Å². The maximum absolute atomic E-state index is 12.8.